The fourth-order valence-corrected chi connectivity index (χ4v) is 4.32. The number of anilines is 1. The number of carbonyl (C=O) groups excluding carboxylic acids is 1. The van der Waals surface area contributed by atoms with Crippen molar-refractivity contribution in [1.29, 1.82) is 0 Å². The molecule has 1 aromatic carbocycles. The number of carbonyl (C=O) groups is 1. The van der Waals surface area contributed by atoms with Crippen molar-refractivity contribution >= 4 is 32.8 Å². The van der Waals surface area contributed by atoms with Crippen LogP contribution in [-0.2, 0) is 21.1 Å². The molecular weight excluding hydrogens is 390 g/mol. The molecule has 1 amide bonds. The molecule has 0 saturated carbocycles. The molecule has 0 spiro atoms. The summed E-state index contributed by atoms with van der Waals surface area (Å²) in [5.41, 5.74) is 0.267. The summed E-state index contributed by atoms with van der Waals surface area (Å²) in [6, 6.07) is 3.82. The van der Waals surface area contributed by atoms with Crippen molar-refractivity contribution in [3.05, 3.63) is 34.3 Å². The van der Waals surface area contributed by atoms with Crippen molar-refractivity contribution < 1.29 is 23.1 Å². The zero-order valence-electron chi connectivity index (χ0n) is 14.8. The van der Waals surface area contributed by atoms with Crippen molar-refractivity contribution in [2.75, 3.05) is 37.4 Å². The van der Waals surface area contributed by atoms with Gasteiger partial charge in [0.1, 0.15) is 16.5 Å². The first-order chi connectivity index (χ1) is 12.9. The Hall–Kier alpha value is -2.01. The monoisotopic (exact) mass is 411 g/mol. The third-order valence-corrected chi connectivity index (χ3v) is 6.77. The lowest BCUT2D eigenvalue weighted by atomic mass is 10.3. The van der Waals surface area contributed by atoms with Gasteiger partial charge in [-0.05, 0) is 18.2 Å². The first kappa shape index (κ1) is 19.7. The van der Waals surface area contributed by atoms with Gasteiger partial charge in [0.05, 0.1) is 36.1 Å². The minimum Gasteiger partial charge on any atom is -0.506 e. The number of hydrogen-bond acceptors (Lipinski definition) is 8. The molecule has 3 rings (SSSR count). The summed E-state index contributed by atoms with van der Waals surface area (Å²) in [4.78, 5) is 19.0. The predicted molar refractivity (Wildman–Crippen MR) is 102 cm³/mol. The summed E-state index contributed by atoms with van der Waals surface area (Å²) in [6.45, 7) is 5.22. The molecule has 2 heterocycles. The zero-order valence-corrected chi connectivity index (χ0v) is 16.5. The highest BCUT2D eigenvalue weighted by molar-refractivity contribution is 7.91. The zero-order chi connectivity index (χ0) is 19.4. The van der Waals surface area contributed by atoms with E-state index in [0.29, 0.717) is 19.8 Å². The van der Waals surface area contributed by atoms with Gasteiger partial charge in [-0.3, -0.25) is 9.69 Å². The van der Waals surface area contributed by atoms with E-state index in [0.717, 1.165) is 18.1 Å². The lowest BCUT2D eigenvalue weighted by Gasteiger charge is -2.25. The van der Waals surface area contributed by atoms with Gasteiger partial charge in [0.15, 0.2) is 9.84 Å². The molecule has 2 aromatic rings. The van der Waals surface area contributed by atoms with E-state index >= 15 is 0 Å². The van der Waals surface area contributed by atoms with Crippen LogP contribution in [0.15, 0.2) is 28.5 Å². The summed E-state index contributed by atoms with van der Waals surface area (Å²) in [6.07, 6.45) is 0. The van der Waals surface area contributed by atoms with Crippen LogP contribution in [0, 0.1) is 0 Å². The average molecular weight is 412 g/mol. The Labute approximate surface area is 161 Å². The highest BCUT2D eigenvalue weighted by Crippen LogP contribution is 2.27. The molecule has 1 saturated heterocycles. The standard InChI is InChI=1S/C17H21N3O5S2/c1-2-27(23,24)12-3-4-15(21)13(9-12)19-17(22)14-11-26-16(18-14)10-20-5-7-25-8-6-20/h3-4,9,11,21H,2,5-8,10H2,1H3,(H,19,22). The number of morpholine rings is 1. The van der Waals surface area contributed by atoms with Crippen LogP contribution < -0.4 is 5.32 Å². The van der Waals surface area contributed by atoms with Crippen LogP contribution in [0.4, 0.5) is 5.69 Å². The summed E-state index contributed by atoms with van der Waals surface area (Å²) in [5, 5.41) is 14.9. The number of ether oxygens (including phenoxy) is 1. The Balaban J connectivity index is 1.71. The van der Waals surface area contributed by atoms with Crippen LogP contribution in [0.3, 0.4) is 0 Å². The molecule has 27 heavy (non-hydrogen) atoms. The third kappa shape index (κ3) is 4.83. The summed E-state index contributed by atoms with van der Waals surface area (Å²) >= 11 is 1.38. The van der Waals surface area contributed by atoms with Crippen LogP contribution in [0.1, 0.15) is 22.4 Å². The third-order valence-electron chi connectivity index (χ3n) is 4.20. The summed E-state index contributed by atoms with van der Waals surface area (Å²) in [5.74, 6) is -0.773. The van der Waals surface area contributed by atoms with Gasteiger partial charge in [-0.15, -0.1) is 11.3 Å². The van der Waals surface area contributed by atoms with E-state index in [1.54, 1.807) is 5.38 Å². The number of nitrogens with zero attached hydrogens (tertiary/aromatic N) is 2. The van der Waals surface area contributed by atoms with Crippen LogP contribution >= 0.6 is 11.3 Å². The maximum Gasteiger partial charge on any atom is 0.275 e. The van der Waals surface area contributed by atoms with Crippen molar-refractivity contribution in [3.63, 3.8) is 0 Å². The van der Waals surface area contributed by atoms with Crippen LogP contribution in [0.5, 0.6) is 5.75 Å². The minimum atomic E-state index is -3.44. The van der Waals surface area contributed by atoms with E-state index in [-0.39, 0.29) is 27.8 Å². The van der Waals surface area contributed by atoms with Gasteiger partial charge in [0.2, 0.25) is 0 Å². The topological polar surface area (TPSA) is 109 Å². The largest absolute Gasteiger partial charge is 0.506 e. The fraction of sp³-hybridized carbons (Fsp3) is 0.412. The Morgan fingerprint density at radius 2 is 2.11 bits per heavy atom. The second-order valence-electron chi connectivity index (χ2n) is 6.05. The van der Waals surface area contributed by atoms with Gasteiger partial charge in [-0.2, -0.15) is 0 Å². The number of aromatic nitrogens is 1. The number of rotatable bonds is 6. The molecule has 0 bridgehead atoms. The Bertz CT molecular complexity index is 920. The number of amides is 1. The minimum absolute atomic E-state index is 0.0391. The predicted octanol–water partition coefficient (Wildman–Crippen LogP) is 1.73. The quantitative estimate of drug-likeness (QED) is 0.697. The van der Waals surface area contributed by atoms with Crippen molar-refractivity contribution in [2.45, 2.75) is 18.4 Å². The van der Waals surface area contributed by atoms with Gasteiger partial charge in [-0.1, -0.05) is 6.92 Å². The van der Waals surface area contributed by atoms with Crippen molar-refractivity contribution in [3.8, 4) is 5.75 Å². The lowest BCUT2D eigenvalue weighted by molar-refractivity contribution is 0.0341. The number of aromatic hydroxyl groups is 1. The van der Waals surface area contributed by atoms with Gasteiger partial charge in [0.25, 0.3) is 5.91 Å². The average Bonchev–Trinajstić information content (AvgIpc) is 3.13. The maximum atomic E-state index is 12.4. The van der Waals surface area contributed by atoms with Gasteiger partial charge >= 0.3 is 0 Å². The first-order valence-electron chi connectivity index (χ1n) is 8.50. The molecule has 0 radical (unpaired) electrons. The molecule has 1 aromatic heterocycles. The number of sulfone groups is 1. The van der Waals surface area contributed by atoms with Crippen molar-refractivity contribution in [2.24, 2.45) is 0 Å². The number of benzene rings is 1. The molecule has 1 aliphatic rings. The smallest absolute Gasteiger partial charge is 0.275 e. The summed E-state index contributed by atoms with van der Waals surface area (Å²) < 4.78 is 29.3. The molecule has 2 N–H and O–H groups in total. The maximum absolute atomic E-state index is 12.4. The van der Waals surface area contributed by atoms with E-state index in [2.05, 4.69) is 15.2 Å². The highest BCUT2D eigenvalue weighted by Gasteiger charge is 2.18. The molecule has 10 heteroatoms. The summed E-state index contributed by atoms with van der Waals surface area (Å²) in [7, 11) is -3.44. The number of hydrogen-bond donors (Lipinski definition) is 2. The van der Waals surface area contributed by atoms with E-state index in [9.17, 15) is 18.3 Å². The van der Waals surface area contributed by atoms with E-state index in [4.69, 9.17) is 4.74 Å². The normalized spacial score (nSPS) is 15.6. The number of thiazole rings is 1. The fourth-order valence-electron chi connectivity index (χ4n) is 2.60. The lowest BCUT2D eigenvalue weighted by Crippen LogP contribution is -2.35. The molecule has 1 aliphatic heterocycles. The number of nitrogens with one attached hydrogen (secondary N) is 1. The molecule has 0 atom stereocenters. The number of phenols is 1. The van der Waals surface area contributed by atoms with Crippen LogP contribution in [0.25, 0.3) is 0 Å². The first-order valence-corrected chi connectivity index (χ1v) is 11.0. The SMILES string of the molecule is CCS(=O)(=O)c1ccc(O)c(NC(=O)c2csc(CN3CCOCC3)n2)c1. The van der Waals surface area contributed by atoms with Crippen LogP contribution in [0.2, 0.25) is 0 Å². The second kappa shape index (κ2) is 8.34. The second-order valence-corrected chi connectivity index (χ2v) is 9.27. The van der Waals surface area contributed by atoms with E-state index in [1.807, 2.05) is 0 Å². The molecule has 1 fully saturated rings. The van der Waals surface area contributed by atoms with Gasteiger partial charge < -0.3 is 15.2 Å². The molecule has 0 unspecified atom stereocenters. The molecular formula is C17H21N3O5S2. The number of phenolic OH excluding ortho intramolecular Hbond substituents is 1. The Kier molecular flexibility index (Phi) is 6.10. The Morgan fingerprint density at radius 1 is 1.37 bits per heavy atom. The van der Waals surface area contributed by atoms with E-state index in [1.165, 1.54) is 36.5 Å². The van der Waals surface area contributed by atoms with Crippen LogP contribution in [-0.4, -0.2) is 61.4 Å². The van der Waals surface area contributed by atoms with E-state index < -0.39 is 15.7 Å². The van der Waals surface area contributed by atoms with Crippen molar-refractivity contribution in [1.82, 2.24) is 9.88 Å². The molecule has 146 valence electrons. The van der Waals surface area contributed by atoms with Gasteiger partial charge in [-0.25, -0.2) is 13.4 Å². The van der Waals surface area contributed by atoms with Gasteiger partial charge in [0, 0.05) is 18.5 Å². The highest BCUT2D eigenvalue weighted by atomic mass is 32.2. The molecule has 8 nitrogen and oxygen atoms in total. The molecule has 0 aliphatic carbocycles. The Morgan fingerprint density at radius 3 is 2.81 bits per heavy atom.